The molecule has 0 atom stereocenters. The number of benzene rings is 1. The molecule has 0 aliphatic heterocycles. The van der Waals surface area contributed by atoms with Gasteiger partial charge < -0.3 is 10.6 Å². The van der Waals surface area contributed by atoms with Gasteiger partial charge in [0.15, 0.2) is 5.82 Å². The number of hydrogen-bond donors (Lipinski definition) is 1. The van der Waals surface area contributed by atoms with E-state index in [9.17, 15) is 0 Å². The maximum Gasteiger partial charge on any atom is 0.151 e. The second-order valence-corrected chi connectivity index (χ2v) is 4.77. The molecule has 3 nitrogen and oxygen atoms in total. The number of halogens is 1. The summed E-state index contributed by atoms with van der Waals surface area (Å²) in [7, 11) is 1.95. The first-order chi connectivity index (χ1) is 9.17. The molecule has 19 heavy (non-hydrogen) atoms. The van der Waals surface area contributed by atoms with Crippen molar-refractivity contribution in [3.8, 4) is 0 Å². The Hall–Kier alpha value is -1.58. The van der Waals surface area contributed by atoms with Gasteiger partial charge in [0.25, 0.3) is 0 Å². The number of nitrogens with zero attached hydrogens (tertiary/aromatic N) is 2. The molecule has 4 heteroatoms. The molecule has 1 heterocycles. The number of nitrogens with two attached hydrogens (primary N) is 1. The SMILES string of the molecule is CCc1ccc(N(C)c2nccc(CN)c2Cl)cc1. The van der Waals surface area contributed by atoms with Gasteiger partial charge in [0.2, 0.25) is 0 Å². The van der Waals surface area contributed by atoms with E-state index in [0.29, 0.717) is 11.6 Å². The van der Waals surface area contributed by atoms with Crippen LogP contribution in [0.3, 0.4) is 0 Å². The van der Waals surface area contributed by atoms with Gasteiger partial charge in [-0.15, -0.1) is 0 Å². The van der Waals surface area contributed by atoms with Crippen LogP contribution in [-0.2, 0) is 13.0 Å². The van der Waals surface area contributed by atoms with Gasteiger partial charge in [-0.3, -0.25) is 0 Å². The Morgan fingerprint density at radius 3 is 2.47 bits per heavy atom. The molecule has 100 valence electrons. The van der Waals surface area contributed by atoms with Gasteiger partial charge >= 0.3 is 0 Å². The summed E-state index contributed by atoms with van der Waals surface area (Å²) in [5, 5.41) is 0.618. The molecule has 0 unspecified atom stereocenters. The quantitative estimate of drug-likeness (QED) is 0.928. The zero-order chi connectivity index (χ0) is 13.8. The van der Waals surface area contributed by atoms with Crippen LogP contribution in [0, 0.1) is 0 Å². The minimum absolute atomic E-state index is 0.414. The zero-order valence-electron chi connectivity index (χ0n) is 11.2. The van der Waals surface area contributed by atoms with E-state index in [1.165, 1.54) is 5.56 Å². The number of aromatic nitrogens is 1. The molecule has 1 aromatic heterocycles. The summed E-state index contributed by atoms with van der Waals surface area (Å²) in [5.41, 5.74) is 8.94. The number of hydrogen-bond acceptors (Lipinski definition) is 3. The summed E-state index contributed by atoms with van der Waals surface area (Å²) in [5.74, 6) is 0.730. The van der Waals surface area contributed by atoms with Crippen molar-refractivity contribution in [1.29, 1.82) is 0 Å². The molecule has 1 aromatic carbocycles. The van der Waals surface area contributed by atoms with Crippen LogP contribution < -0.4 is 10.6 Å². The van der Waals surface area contributed by atoms with Crippen molar-refractivity contribution in [2.24, 2.45) is 5.73 Å². The molecule has 0 fully saturated rings. The highest BCUT2D eigenvalue weighted by atomic mass is 35.5. The van der Waals surface area contributed by atoms with Crippen LogP contribution in [0.25, 0.3) is 0 Å². The summed E-state index contributed by atoms with van der Waals surface area (Å²) in [6.07, 6.45) is 2.77. The Morgan fingerprint density at radius 1 is 1.21 bits per heavy atom. The summed E-state index contributed by atoms with van der Waals surface area (Å²) < 4.78 is 0. The lowest BCUT2D eigenvalue weighted by Gasteiger charge is -2.20. The molecular formula is C15H18ClN3. The third kappa shape index (κ3) is 2.88. The van der Waals surface area contributed by atoms with E-state index in [-0.39, 0.29) is 0 Å². The van der Waals surface area contributed by atoms with Crippen molar-refractivity contribution in [2.75, 3.05) is 11.9 Å². The minimum atomic E-state index is 0.414. The van der Waals surface area contributed by atoms with E-state index >= 15 is 0 Å². The second-order valence-electron chi connectivity index (χ2n) is 4.39. The van der Waals surface area contributed by atoms with Crippen LogP contribution in [0.1, 0.15) is 18.1 Å². The van der Waals surface area contributed by atoms with E-state index in [2.05, 4.69) is 36.2 Å². The predicted molar refractivity (Wildman–Crippen MR) is 81.0 cm³/mol. The number of aryl methyl sites for hydroxylation is 1. The molecule has 0 saturated carbocycles. The Balaban J connectivity index is 2.35. The summed E-state index contributed by atoms with van der Waals surface area (Å²) in [6, 6.07) is 10.2. The highest BCUT2D eigenvalue weighted by Gasteiger charge is 2.12. The first kappa shape index (κ1) is 13.8. The fourth-order valence-corrected chi connectivity index (χ4v) is 2.26. The summed E-state index contributed by atoms with van der Waals surface area (Å²) in [4.78, 5) is 6.32. The number of rotatable bonds is 4. The average Bonchev–Trinajstić information content (AvgIpc) is 2.47. The fraction of sp³-hybridized carbons (Fsp3) is 0.267. The third-order valence-electron chi connectivity index (χ3n) is 3.22. The summed E-state index contributed by atoms with van der Waals surface area (Å²) >= 11 is 6.33. The molecular weight excluding hydrogens is 258 g/mol. The molecule has 2 aromatic rings. The molecule has 0 aliphatic carbocycles. The largest absolute Gasteiger partial charge is 0.328 e. The standard InChI is InChI=1S/C15H18ClN3/c1-3-11-4-6-13(7-5-11)19(2)15-14(16)12(10-17)8-9-18-15/h4-9H,3,10,17H2,1-2H3. The minimum Gasteiger partial charge on any atom is -0.328 e. The monoisotopic (exact) mass is 275 g/mol. The maximum absolute atomic E-state index is 6.33. The first-order valence-corrected chi connectivity index (χ1v) is 6.71. The average molecular weight is 276 g/mol. The Morgan fingerprint density at radius 2 is 1.89 bits per heavy atom. The van der Waals surface area contributed by atoms with Crippen LogP contribution in [-0.4, -0.2) is 12.0 Å². The van der Waals surface area contributed by atoms with Crippen molar-refractivity contribution in [3.05, 3.63) is 52.7 Å². The van der Waals surface area contributed by atoms with E-state index in [1.807, 2.05) is 18.0 Å². The molecule has 0 amide bonds. The normalized spacial score (nSPS) is 10.5. The molecule has 2 rings (SSSR count). The molecule has 0 bridgehead atoms. The lowest BCUT2D eigenvalue weighted by atomic mass is 10.1. The van der Waals surface area contributed by atoms with Gasteiger partial charge in [-0.05, 0) is 35.7 Å². The third-order valence-corrected chi connectivity index (χ3v) is 3.63. The molecule has 0 saturated heterocycles. The van der Waals surface area contributed by atoms with Gasteiger partial charge in [0, 0.05) is 25.5 Å². The zero-order valence-corrected chi connectivity index (χ0v) is 12.0. The Kier molecular flexibility index (Phi) is 4.40. The molecule has 0 aliphatic rings. The smallest absolute Gasteiger partial charge is 0.151 e. The van der Waals surface area contributed by atoms with Crippen molar-refractivity contribution < 1.29 is 0 Å². The van der Waals surface area contributed by atoms with Gasteiger partial charge in [0.05, 0.1) is 5.02 Å². The second kappa shape index (κ2) is 6.04. The van der Waals surface area contributed by atoms with E-state index in [4.69, 9.17) is 17.3 Å². The van der Waals surface area contributed by atoms with Crippen LogP contribution >= 0.6 is 11.6 Å². The predicted octanol–water partition coefficient (Wildman–Crippen LogP) is 3.52. The first-order valence-electron chi connectivity index (χ1n) is 6.33. The van der Waals surface area contributed by atoms with Gasteiger partial charge in [0.1, 0.15) is 0 Å². The van der Waals surface area contributed by atoms with Gasteiger partial charge in [-0.2, -0.15) is 0 Å². The summed E-state index contributed by atoms with van der Waals surface area (Å²) in [6.45, 7) is 2.55. The van der Waals surface area contributed by atoms with Crippen LogP contribution in [0.15, 0.2) is 36.5 Å². The van der Waals surface area contributed by atoms with Crippen LogP contribution in [0.4, 0.5) is 11.5 Å². The molecule has 2 N–H and O–H groups in total. The van der Waals surface area contributed by atoms with E-state index < -0.39 is 0 Å². The Labute approximate surface area is 119 Å². The van der Waals surface area contributed by atoms with Crippen molar-refractivity contribution in [3.63, 3.8) is 0 Å². The lowest BCUT2D eigenvalue weighted by Crippen LogP contribution is -2.13. The van der Waals surface area contributed by atoms with Crippen molar-refractivity contribution in [1.82, 2.24) is 4.98 Å². The van der Waals surface area contributed by atoms with E-state index in [0.717, 1.165) is 23.5 Å². The highest BCUT2D eigenvalue weighted by molar-refractivity contribution is 6.33. The van der Waals surface area contributed by atoms with Crippen molar-refractivity contribution in [2.45, 2.75) is 19.9 Å². The van der Waals surface area contributed by atoms with Crippen LogP contribution in [0.2, 0.25) is 5.02 Å². The number of pyridine rings is 1. The van der Waals surface area contributed by atoms with Crippen LogP contribution in [0.5, 0.6) is 0 Å². The maximum atomic E-state index is 6.33. The topological polar surface area (TPSA) is 42.2 Å². The molecule has 0 radical (unpaired) electrons. The fourth-order valence-electron chi connectivity index (χ4n) is 1.94. The highest BCUT2D eigenvalue weighted by Crippen LogP contribution is 2.30. The van der Waals surface area contributed by atoms with Crippen molar-refractivity contribution >= 4 is 23.1 Å². The lowest BCUT2D eigenvalue weighted by molar-refractivity contribution is 1.04. The number of anilines is 2. The van der Waals surface area contributed by atoms with Gasteiger partial charge in [-0.25, -0.2) is 4.98 Å². The molecule has 0 spiro atoms. The Bertz CT molecular complexity index is 552. The van der Waals surface area contributed by atoms with E-state index in [1.54, 1.807) is 6.20 Å². The van der Waals surface area contributed by atoms with Gasteiger partial charge in [-0.1, -0.05) is 30.7 Å².